The van der Waals surface area contributed by atoms with E-state index in [0.29, 0.717) is 0 Å². The third kappa shape index (κ3) is 2.40. The molecule has 0 unspecified atom stereocenters. The number of carbonyl (C=O) groups is 1. The van der Waals surface area contributed by atoms with E-state index in [4.69, 9.17) is 11.6 Å². The van der Waals surface area contributed by atoms with Gasteiger partial charge in [0.25, 0.3) is 0 Å². The van der Waals surface area contributed by atoms with Crippen molar-refractivity contribution in [3.05, 3.63) is 27.4 Å². The average molecular weight is 217 g/mol. The predicted octanol–water partition coefficient (Wildman–Crippen LogP) is 1.57. The van der Waals surface area contributed by atoms with Gasteiger partial charge in [0.05, 0.1) is 16.1 Å². The Morgan fingerprint density at radius 2 is 2.36 bits per heavy atom. The second-order valence-corrected chi connectivity index (χ2v) is 2.77. The van der Waals surface area contributed by atoms with Crippen molar-refractivity contribution in [2.75, 3.05) is 0 Å². The topological polar surface area (TPSA) is 82.3 Å². The summed E-state index contributed by atoms with van der Waals surface area (Å²) >= 11 is 5.49. The van der Waals surface area contributed by atoms with Crippen molar-refractivity contribution in [1.82, 2.24) is 4.98 Å². The molecule has 1 rings (SSSR count). The first kappa shape index (κ1) is 10.4. The lowest BCUT2D eigenvalue weighted by molar-refractivity contribution is -0.386. The maximum Gasteiger partial charge on any atom is 0.332 e. The highest BCUT2D eigenvalue weighted by atomic mass is 35.5. The fourth-order valence-electron chi connectivity index (χ4n) is 0.762. The number of pyridine rings is 1. The molecule has 1 aromatic heterocycles. The minimum Gasteiger partial charge on any atom is -0.401 e. The number of ether oxygens (including phenoxy) is 1. The number of rotatable bonds is 2. The molecule has 0 spiro atoms. The zero-order valence-corrected chi connectivity index (χ0v) is 7.82. The van der Waals surface area contributed by atoms with Crippen molar-refractivity contribution in [3.8, 4) is 5.88 Å². The van der Waals surface area contributed by atoms with Gasteiger partial charge >= 0.3 is 17.5 Å². The fourth-order valence-corrected chi connectivity index (χ4v) is 0.914. The Morgan fingerprint density at radius 1 is 1.71 bits per heavy atom. The van der Waals surface area contributed by atoms with Crippen molar-refractivity contribution >= 4 is 23.3 Å². The molecule has 1 heterocycles. The summed E-state index contributed by atoms with van der Waals surface area (Å²) in [6.45, 7) is 1.13. The van der Waals surface area contributed by atoms with Gasteiger partial charge in [0.1, 0.15) is 0 Å². The Balaban J connectivity index is 3.14. The van der Waals surface area contributed by atoms with Gasteiger partial charge in [-0.1, -0.05) is 11.6 Å². The highest BCUT2D eigenvalue weighted by molar-refractivity contribution is 6.30. The Labute approximate surface area is 83.6 Å². The van der Waals surface area contributed by atoms with Crippen molar-refractivity contribution < 1.29 is 14.5 Å². The molecule has 0 amide bonds. The number of hydrogen-bond donors (Lipinski definition) is 0. The molecule has 0 fully saturated rings. The fraction of sp³-hybridized carbons (Fsp3) is 0.143. The Bertz CT molecular complexity index is 393. The van der Waals surface area contributed by atoms with Gasteiger partial charge in [0, 0.05) is 13.0 Å². The maximum absolute atomic E-state index is 10.6. The molecule has 74 valence electrons. The molecule has 0 saturated heterocycles. The van der Waals surface area contributed by atoms with Gasteiger partial charge in [-0.15, -0.1) is 0 Å². The molecule has 0 radical (unpaired) electrons. The van der Waals surface area contributed by atoms with Gasteiger partial charge in [-0.3, -0.25) is 14.9 Å². The molecule has 0 aromatic carbocycles. The molecule has 0 saturated carbocycles. The van der Waals surface area contributed by atoms with Gasteiger partial charge in [-0.05, 0) is 0 Å². The SMILES string of the molecule is CC(=O)Oc1ncc(Cl)cc1[N+](=O)[O-]. The van der Waals surface area contributed by atoms with Crippen LogP contribution in [-0.2, 0) is 4.79 Å². The normalized spacial score (nSPS) is 9.57. The van der Waals surface area contributed by atoms with E-state index < -0.39 is 16.6 Å². The average Bonchev–Trinajstić information content (AvgIpc) is 2.07. The van der Waals surface area contributed by atoms with Crippen LogP contribution in [0, 0.1) is 10.1 Å². The van der Waals surface area contributed by atoms with Crippen LogP contribution in [0.25, 0.3) is 0 Å². The summed E-state index contributed by atoms with van der Waals surface area (Å²) in [4.78, 5) is 23.8. The Hall–Kier alpha value is -1.69. The van der Waals surface area contributed by atoms with Crippen molar-refractivity contribution in [2.45, 2.75) is 6.92 Å². The standard InChI is InChI=1S/C7H5ClN2O4/c1-4(11)14-7-6(10(12)13)2-5(8)3-9-7/h2-3H,1H3. The van der Waals surface area contributed by atoms with Crippen LogP contribution >= 0.6 is 11.6 Å². The molecule has 0 bridgehead atoms. The van der Waals surface area contributed by atoms with Crippen LogP contribution < -0.4 is 4.74 Å². The minimum absolute atomic E-state index is 0.104. The quantitative estimate of drug-likeness (QED) is 0.426. The summed E-state index contributed by atoms with van der Waals surface area (Å²) < 4.78 is 4.51. The molecule has 0 N–H and O–H groups in total. The van der Waals surface area contributed by atoms with Gasteiger partial charge < -0.3 is 4.74 Å². The molecule has 14 heavy (non-hydrogen) atoms. The van der Waals surface area contributed by atoms with E-state index in [1.807, 2.05) is 0 Å². The molecule has 6 nitrogen and oxygen atoms in total. The molecular formula is C7H5ClN2O4. The number of nitrogens with zero attached hydrogens (tertiary/aromatic N) is 2. The Morgan fingerprint density at radius 3 is 2.86 bits per heavy atom. The van der Waals surface area contributed by atoms with E-state index in [-0.39, 0.29) is 10.9 Å². The van der Waals surface area contributed by atoms with E-state index in [9.17, 15) is 14.9 Å². The van der Waals surface area contributed by atoms with E-state index in [0.717, 1.165) is 19.2 Å². The Kier molecular flexibility index (Phi) is 2.98. The van der Waals surface area contributed by atoms with Crippen LogP contribution in [0.1, 0.15) is 6.92 Å². The number of esters is 1. The second-order valence-electron chi connectivity index (χ2n) is 2.33. The van der Waals surface area contributed by atoms with Gasteiger partial charge in [-0.25, -0.2) is 4.98 Å². The highest BCUT2D eigenvalue weighted by Gasteiger charge is 2.18. The first-order chi connectivity index (χ1) is 6.50. The van der Waals surface area contributed by atoms with Crippen LogP contribution in [0.15, 0.2) is 12.3 Å². The zero-order chi connectivity index (χ0) is 10.7. The molecule has 0 aliphatic carbocycles. The van der Waals surface area contributed by atoms with E-state index in [1.165, 1.54) is 0 Å². The summed E-state index contributed by atoms with van der Waals surface area (Å²) in [7, 11) is 0. The van der Waals surface area contributed by atoms with Crippen molar-refractivity contribution in [3.63, 3.8) is 0 Å². The third-order valence-corrected chi connectivity index (χ3v) is 1.44. The van der Waals surface area contributed by atoms with Crippen LogP contribution in [0.2, 0.25) is 5.02 Å². The summed E-state index contributed by atoms with van der Waals surface area (Å²) in [6, 6.07) is 1.06. The number of aromatic nitrogens is 1. The summed E-state index contributed by atoms with van der Waals surface area (Å²) in [5.41, 5.74) is -0.437. The van der Waals surface area contributed by atoms with Crippen LogP contribution in [0.3, 0.4) is 0 Å². The molecule has 1 aromatic rings. The van der Waals surface area contributed by atoms with Crippen molar-refractivity contribution in [2.24, 2.45) is 0 Å². The monoisotopic (exact) mass is 216 g/mol. The second kappa shape index (κ2) is 4.01. The maximum atomic E-state index is 10.6. The third-order valence-electron chi connectivity index (χ3n) is 1.24. The number of halogens is 1. The first-order valence-electron chi connectivity index (χ1n) is 3.49. The summed E-state index contributed by atoms with van der Waals surface area (Å²) in [5.74, 6) is -1.03. The number of carbonyl (C=O) groups excluding carboxylic acids is 1. The number of hydrogen-bond acceptors (Lipinski definition) is 5. The van der Waals surface area contributed by atoms with E-state index in [2.05, 4.69) is 9.72 Å². The summed E-state index contributed by atoms with van der Waals surface area (Å²) in [6.07, 6.45) is 1.16. The van der Waals surface area contributed by atoms with Gasteiger partial charge in [-0.2, -0.15) is 0 Å². The largest absolute Gasteiger partial charge is 0.401 e. The molecular weight excluding hydrogens is 212 g/mol. The van der Waals surface area contributed by atoms with Crippen LogP contribution in [0.4, 0.5) is 5.69 Å². The minimum atomic E-state index is -0.725. The van der Waals surface area contributed by atoms with E-state index >= 15 is 0 Å². The lowest BCUT2D eigenvalue weighted by Crippen LogP contribution is -2.05. The van der Waals surface area contributed by atoms with E-state index in [1.54, 1.807) is 0 Å². The smallest absolute Gasteiger partial charge is 0.332 e. The van der Waals surface area contributed by atoms with Crippen molar-refractivity contribution in [1.29, 1.82) is 0 Å². The molecule has 0 aliphatic rings. The molecule has 0 atom stereocenters. The highest BCUT2D eigenvalue weighted by Crippen LogP contribution is 2.26. The van der Waals surface area contributed by atoms with Gasteiger partial charge in [0.15, 0.2) is 0 Å². The summed E-state index contributed by atoms with van der Waals surface area (Å²) in [5, 5.41) is 10.6. The number of nitro groups is 1. The predicted molar refractivity (Wildman–Crippen MR) is 47.2 cm³/mol. The lowest BCUT2D eigenvalue weighted by Gasteiger charge is -2.00. The van der Waals surface area contributed by atoms with Crippen LogP contribution in [-0.4, -0.2) is 15.9 Å². The van der Waals surface area contributed by atoms with Crippen LogP contribution in [0.5, 0.6) is 5.88 Å². The molecule has 0 aliphatic heterocycles. The zero-order valence-electron chi connectivity index (χ0n) is 7.06. The lowest BCUT2D eigenvalue weighted by atomic mass is 10.4. The molecule has 7 heteroatoms. The van der Waals surface area contributed by atoms with Gasteiger partial charge in [0.2, 0.25) is 0 Å². The first-order valence-corrected chi connectivity index (χ1v) is 3.87.